The number of hydrogen-bond donors (Lipinski definition) is 1. The first-order valence-electron chi connectivity index (χ1n) is 12.9. The summed E-state index contributed by atoms with van der Waals surface area (Å²) in [7, 11) is 0. The number of carbonyl (C=O) groups excluding carboxylic acids is 1. The van der Waals surface area contributed by atoms with E-state index in [9.17, 15) is 14.0 Å². The van der Waals surface area contributed by atoms with Crippen LogP contribution in [0.3, 0.4) is 0 Å². The average Bonchev–Trinajstić information content (AvgIpc) is 3.57. The molecule has 1 N–H and O–H groups in total. The summed E-state index contributed by atoms with van der Waals surface area (Å²) in [6.07, 6.45) is 9.41. The Morgan fingerprint density at radius 1 is 1.14 bits per heavy atom. The number of hydrogen-bond acceptors (Lipinski definition) is 5. The molecule has 0 bridgehead atoms. The third kappa shape index (κ3) is 4.22. The fourth-order valence-corrected chi connectivity index (χ4v) is 5.62. The van der Waals surface area contributed by atoms with Crippen molar-refractivity contribution in [3.05, 3.63) is 70.3 Å². The fraction of sp³-hybridized carbons (Fsp3) is 0.393. The summed E-state index contributed by atoms with van der Waals surface area (Å²) in [5.74, 6) is 0.478. The number of aromatic nitrogens is 5. The third-order valence-electron chi connectivity index (χ3n) is 7.93. The molecule has 1 amide bonds. The number of benzene rings is 1. The number of aromatic amines is 1. The van der Waals surface area contributed by atoms with Crippen LogP contribution in [0.5, 0.6) is 0 Å². The average molecular weight is 501 g/mol. The number of rotatable bonds is 6. The Hall–Kier alpha value is -3.88. The van der Waals surface area contributed by atoms with Gasteiger partial charge in [-0.3, -0.25) is 14.0 Å². The number of H-pyrrole nitrogens is 1. The highest BCUT2D eigenvalue weighted by Crippen LogP contribution is 2.32. The van der Waals surface area contributed by atoms with E-state index in [1.165, 1.54) is 41.8 Å². The molecule has 1 saturated carbocycles. The second-order valence-corrected chi connectivity index (χ2v) is 10.2. The number of fused-ring (bicyclic) bond motifs is 1. The van der Waals surface area contributed by atoms with Crippen molar-refractivity contribution in [2.75, 3.05) is 13.2 Å². The standard InChI is InChI=1S/C28H29FN6O2/c1-17-21(15-29)16-34(17)28(37)24-25(26-30-11-4-12-31-26)33-35-23(36)14-22(32-27(24)35)20-9-7-19(8-10-20)13-18-5-2-3-6-18/h4,7-12,14,17-18,21,32H,2-3,5-6,13,15-16H2,1H3/t17-,21-/m0/s1. The smallest absolute Gasteiger partial charge is 0.274 e. The zero-order valence-corrected chi connectivity index (χ0v) is 20.7. The van der Waals surface area contributed by atoms with Crippen molar-refractivity contribution in [3.63, 3.8) is 0 Å². The monoisotopic (exact) mass is 500 g/mol. The van der Waals surface area contributed by atoms with Gasteiger partial charge in [0.05, 0.1) is 12.4 Å². The van der Waals surface area contributed by atoms with Gasteiger partial charge in [0.2, 0.25) is 0 Å². The Morgan fingerprint density at radius 2 is 1.86 bits per heavy atom. The molecule has 0 radical (unpaired) electrons. The van der Waals surface area contributed by atoms with Crippen molar-refractivity contribution in [1.82, 2.24) is 29.5 Å². The Morgan fingerprint density at radius 3 is 2.54 bits per heavy atom. The zero-order chi connectivity index (χ0) is 25.5. The molecule has 1 saturated heterocycles. The van der Waals surface area contributed by atoms with Gasteiger partial charge in [-0.25, -0.2) is 9.97 Å². The Labute approximate surface area is 213 Å². The van der Waals surface area contributed by atoms with Crippen LogP contribution >= 0.6 is 0 Å². The van der Waals surface area contributed by atoms with Crippen LogP contribution in [0.25, 0.3) is 28.4 Å². The highest BCUT2D eigenvalue weighted by atomic mass is 19.1. The molecule has 4 heterocycles. The molecule has 37 heavy (non-hydrogen) atoms. The summed E-state index contributed by atoms with van der Waals surface area (Å²) < 4.78 is 14.5. The molecule has 3 aromatic heterocycles. The molecule has 8 nitrogen and oxygen atoms in total. The Balaban J connectivity index is 1.42. The number of amides is 1. The second kappa shape index (κ2) is 9.53. The quantitative estimate of drug-likeness (QED) is 0.426. The zero-order valence-electron chi connectivity index (χ0n) is 20.7. The predicted octanol–water partition coefficient (Wildman–Crippen LogP) is 4.31. The van der Waals surface area contributed by atoms with Crippen LogP contribution < -0.4 is 5.56 Å². The molecule has 1 aliphatic heterocycles. The maximum atomic E-state index is 13.7. The second-order valence-electron chi connectivity index (χ2n) is 10.2. The number of nitrogens with zero attached hydrogens (tertiary/aromatic N) is 5. The molecule has 6 rings (SSSR count). The van der Waals surface area contributed by atoms with E-state index in [2.05, 4.69) is 32.2 Å². The van der Waals surface area contributed by atoms with Crippen molar-refractivity contribution >= 4 is 11.6 Å². The third-order valence-corrected chi connectivity index (χ3v) is 7.93. The van der Waals surface area contributed by atoms with Gasteiger partial charge in [-0.15, -0.1) is 0 Å². The maximum absolute atomic E-state index is 13.7. The molecule has 2 fully saturated rings. The first kappa shape index (κ1) is 23.5. The Bertz CT molecular complexity index is 1490. The van der Waals surface area contributed by atoms with Crippen LogP contribution in [0.2, 0.25) is 0 Å². The molecular formula is C28H29FN6O2. The van der Waals surface area contributed by atoms with E-state index < -0.39 is 6.67 Å². The summed E-state index contributed by atoms with van der Waals surface area (Å²) in [4.78, 5) is 40.3. The lowest BCUT2D eigenvalue weighted by Gasteiger charge is -2.45. The largest absolute Gasteiger partial charge is 0.339 e. The number of likely N-dealkylation sites (tertiary alicyclic amines) is 1. The SMILES string of the molecule is C[C@H]1[C@@H](CF)CN1C(=O)c1c(-c2ncccn2)nn2c(=O)cc(-c3ccc(CC4CCCC4)cc3)[nH]c12. The highest BCUT2D eigenvalue weighted by Gasteiger charge is 2.41. The van der Waals surface area contributed by atoms with Gasteiger partial charge in [-0.1, -0.05) is 49.9 Å². The summed E-state index contributed by atoms with van der Waals surface area (Å²) in [5, 5.41) is 4.44. The van der Waals surface area contributed by atoms with Gasteiger partial charge in [-0.05, 0) is 36.5 Å². The Kier molecular flexibility index (Phi) is 6.06. The topological polar surface area (TPSA) is 96.2 Å². The van der Waals surface area contributed by atoms with Gasteiger partial charge in [-0.2, -0.15) is 9.61 Å². The minimum Gasteiger partial charge on any atom is -0.339 e. The number of carbonyl (C=O) groups is 1. The molecular weight excluding hydrogens is 471 g/mol. The number of nitrogens with one attached hydrogen (secondary N) is 1. The lowest BCUT2D eigenvalue weighted by atomic mass is 9.90. The van der Waals surface area contributed by atoms with E-state index in [-0.39, 0.29) is 46.2 Å². The van der Waals surface area contributed by atoms with E-state index in [1.54, 1.807) is 23.4 Å². The van der Waals surface area contributed by atoms with Gasteiger partial charge in [0.25, 0.3) is 11.5 Å². The molecule has 1 aromatic carbocycles. The van der Waals surface area contributed by atoms with E-state index >= 15 is 0 Å². The molecule has 0 spiro atoms. The van der Waals surface area contributed by atoms with Gasteiger partial charge in [0.1, 0.15) is 11.3 Å². The first-order valence-corrected chi connectivity index (χ1v) is 12.9. The number of halogens is 1. The van der Waals surface area contributed by atoms with Crippen molar-refractivity contribution in [2.45, 2.75) is 45.1 Å². The van der Waals surface area contributed by atoms with Crippen LogP contribution in [-0.2, 0) is 6.42 Å². The van der Waals surface area contributed by atoms with Gasteiger partial charge in [0.15, 0.2) is 11.5 Å². The molecule has 4 aromatic rings. The van der Waals surface area contributed by atoms with Crippen molar-refractivity contribution in [3.8, 4) is 22.8 Å². The van der Waals surface area contributed by atoms with Crippen LogP contribution in [0.1, 0.15) is 48.5 Å². The predicted molar refractivity (Wildman–Crippen MR) is 138 cm³/mol. The van der Waals surface area contributed by atoms with E-state index in [1.807, 2.05) is 19.1 Å². The van der Waals surface area contributed by atoms with Crippen molar-refractivity contribution in [2.24, 2.45) is 11.8 Å². The lowest BCUT2D eigenvalue weighted by molar-refractivity contribution is 0.0142. The highest BCUT2D eigenvalue weighted by molar-refractivity contribution is 6.05. The molecule has 1 aliphatic carbocycles. The van der Waals surface area contributed by atoms with Gasteiger partial charge in [0, 0.05) is 37.0 Å². The van der Waals surface area contributed by atoms with Crippen molar-refractivity contribution in [1.29, 1.82) is 0 Å². The van der Waals surface area contributed by atoms with Crippen LogP contribution in [-0.4, -0.2) is 54.6 Å². The number of alkyl halides is 1. The summed E-state index contributed by atoms with van der Waals surface area (Å²) in [6, 6.07) is 11.1. The molecule has 2 atom stereocenters. The van der Waals surface area contributed by atoms with E-state index in [4.69, 9.17) is 0 Å². The van der Waals surface area contributed by atoms with E-state index in [0.717, 1.165) is 17.9 Å². The summed E-state index contributed by atoms with van der Waals surface area (Å²) >= 11 is 0. The minimum atomic E-state index is -0.480. The van der Waals surface area contributed by atoms with Crippen molar-refractivity contribution < 1.29 is 9.18 Å². The van der Waals surface area contributed by atoms with Gasteiger partial charge < -0.3 is 9.88 Å². The van der Waals surface area contributed by atoms with Crippen LogP contribution in [0, 0.1) is 11.8 Å². The summed E-state index contributed by atoms with van der Waals surface area (Å²) in [5.41, 5.74) is 3.08. The lowest BCUT2D eigenvalue weighted by Crippen LogP contribution is -2.58. The normalized spacial score (nSPS) is 19.9. The van der Waals surface area contributed by atoms with E-state index in [0.29, 0.717) is 12.2 Å². The maximum Gasteiger partial charge on any atom is 0.274 e. The fourth-order valence-electron chi connectivity index (χ4n) is 5.62. The molecule has 2 aliphatic rings. The summed E-state index contributed by atoms with van der Waals surface area (Å²) in [6.45, 7) is 1.67. The van der Waals surface area contributed by atoms with Crippen LogP contribution in [0.4, 0.5) is 4.39 Å². The van der Waals surface area contributed by atoms with Crippen LogP contribution in [0.15, 0.2) is 53.6 Å². The molecule has 9 heteroatoms. The molecule has 0 unspecified atom stereocenters. The van der Waals surface area contributed by atoms with Gasteiger partial charge >= 0.3 is 0 Å². The minimum absolute atomic E-state index is 0.195. The first-order chi connectivity index (χ1) is 18.0. The molecule has 190 valence electrons.